The summed E-state index contributed by atoms with van der Waals surface area (Å²) in [7, 11) is 3.24. The van der Waals surface area contributed by atoms with E-state index in [0.29, 0.717) is 22.2 Å². The Hall–Kier alpha value is -3.07. The molecule has 0 N–H and O–H groups in total. The average molecular weight is 340 g/mol. The van der Waals surface area contributed by atoms with Crippen LogP contribution in [-0.4, -0.2) is 44.0 Å². The Kier molecular flexibility index (Phi) is 3.54. The van der Waals surface area contributed by atoms with Crippen LogP contribution in [0.4, 0.5) is 0 Å². The van der Waals surface area contributed by atoms with Crippen LogP contribution in [0.1, 0.15) is 0 Å². The fourth-order valence-corrected chi connectivity index (χ4v) is 3.14. The highest BCUT2D eigenvalue weighted by atomic mass is 32.1. The molecule has 4 rings (SSSR count). The van der Waals surface area contributed by atoms with Crippen LogP contribution in [0, 0.1) is 0 Å². The quantitative estimate of drug-likeness (QED) is 0.563. The molecule has 24 heavy (non-hydrogen) atoms. The molecular weight excluding hydrogens is 328 g/mol. The summed E-state index contributed by atoms with van der Waals surface area (Å²) in [6.07, 6.45) is 4.84. The Morgan fingerprint density at radius 1 is 1.08 bits per heavy atom. The summed E-state index contributed by atoms with van der Waals surface area (Å²) < 4.78 is 12.4. The van der Waals surface area contributed by atoms with E-state index in [0.717, 1.165) is 16.3 Å². The Morgan fingerprint density at radius 2 is 2.00 bits per heavy atom. The van der Waals surface area contributed by atoms with Crippen LogP contribution in [-0.2, 0) is 0 Å². The molecule has 0 saturated carbocycles. The first-order chi connectivity index (χ1) is 11.8. The predicted octanol–water partition coefficient (Wildman–Crippen LogP) is 2.33. The molecular formula is C15H12N6O2S. The van der Waals surface area contributed by atoms with Gasteiger partial charge in [0.15, 0.2) is 5.01 Å². The average Bonchev–Trinajstić information content (AvgIpc) is 3.22. The van der Waals surface area contributed by atoms with Crippen LogP contribution in [0.2, 0.25) is 0 Å². The van der Waals surface area contributed by atoms with E-state index < -0.39 is 0 Å². The van der Waals surface area contributed by atoms with E-state index >= 15 is 0 Å². The molecule has 0 bridgehead atoms. The lowest BCUT2D eigenvalue weighted by Gasteiger charge is -2.07. The van der Waals surface area contributed by atoms with E-state index in [2.05, 4.69) is 25.3 Å². The number of aromatic nitrogens is 6. The number of nitrogens with zero attached hydrogens (tertiary/aromatic N) is 6. The Bertz CT molecular complexity index is 998. The Morgan fingerprint density at radius 3 is 2.75 bits per heavy atom. The maximum Gasteiger partial charge on any atom is 0.235 e. The number of fused-ring (bicyclic) bond motifs is 1. The lowest BCUT2D eigenvalue weighted by atomic mass is 10.2. The molecule has 0 unspecified atom stereocenters. The maximum atomic E-state index is 5.43. The van der Waals surface area contributed by atoms with Crippen molar-refractivity contribution < 1.29 is 9.47 Å². The minimum Gasteiger partial charge on any atom is -0.497 e. The second kappa shape index (κ2) is 5.85. The van der Waals surface area contributed by atoms with Gasteiger partial charge in [-0.15, -0.1) is 10.2 Å². The minimum atomic E-state index is 0.544. The summed E-state index contributed by atoms with van der Waals surface area (Å²) in [4.78, 5) is 8.97. The van der Waals surface area contributed by atoms with E-state index in [1.54, 1.807) is 37.3 Å². The maximum absolute atomic E-state index is 5.43. The van der Waals surface area contributed by atoms with E-state index in [1.807, 2.05) is 18.2 Å². The number of hydrogen-bond acceptors (Lipinski definition) is 8. The second-order valence-corrected chi connectivity index (χ2v) is 5.74. The second-order valence-electron chi connectivity index (χ2n) is 4.78. The first-order valence-corrected chi connectivity index (χ1v) is 7.83. The Labute approximate surface area is 140 Å². The fraction of sp³-hybridized carbons (Fsp3) is 0.133. The molecule has 3 aromatic heterocycles. The zero-order valence-electron chi connectivity index (χ0n) is 12.9. The summed E-state index contributed by atoms with van der Waals surface area (Å²) >= 11 is 1.41. The molecule has 4 aromatic rings. The lowest BCUT2D eigenvalue weighted by Crippen LogP contribution is -1.94. The van der Waals surface area contributed by atoms with Crippen LogP contribution < -0.4 is 9.47 Å². The molecule has 9 heteroatoms. The van der Waals surface area contributed by atoms with Gasteiger partial charge in [-0.2, -0.15) is 9.61 Å². The van der Waals surface area contributed by atoms with Gasteiger partial charge in [0.05, 0.1) is 26.0 Å². The fourth-order valence-electron chi connectivity index (χ4n) is 2.28. The zero-order valence-corrected chi connectivity index (χ0v) is 13.7. The highest BCUT2D eigenvalue weighted by Crippen LogP contribution is 2.36. The summed E-state index contributed by atoms with van der Waals surface area (Å²) in [6, 6.07) is 5.57. The third-order valence-corrected chi connectivity index (χ3v) is 4.35. The van der Waals surface area contributed by atoms with Gasteiger partial charge < -0.3 is 9.47 Å². The zero-order chi connectivity index (χ0) is 16.5. The van der Waals surface area contributed by atoms with Crippen molar-refractivity contribution in [2.75, 3.05) is 14.2 Å². The van der Waals surface area contributed by atoms with Crippen LogP contribution in [0.25, 0.3) is 27.1 Å². The highest BCUT2D eigenvalue weighted by molar-refractivity contribution is 7.19. The molecule has 0 aliphatic carbocycles. The van der Waals surface area contributed by atoms with Crippen LogP contribution in [0.3, 0.4) is 0 Å². The molecule has 0 aliphatic rings. The molecule has 0 spiro atoms. The molecule has 8 nitrogen and oxygen atoms in total. The van der Waals surface area contributed by atoms with Crippen molar-refractivity contribution >= 4 is 16.3 Å². The SMILES string of the molecule is COc1ccc(OC)c(-c2nn3c(-c4cnccn4)nnc3s2)c1. The first kappa shape index (κ1) is 14.5. The van der Waals surface area contributed by atoms with Crippen molar-refractivity contribution in [3.63, 3.8) is 0 Å². The number of ether oxygens (including phenoxy) is 2. The van der Waals surface area contributed by atoms with Crippen LogP contribution in [0.5, 0.6) is 11.5 Å². The minimum absolute atomic E-state index is 0.544. The van der Waals surface area contributed by atoms with Crippen molar-refractivity contribution in [3.8, 4) is 33.6 Å². The van der Waals surface area contributed by atoms with E-state index in [1.165, 1.54) is 11.3 Å². The number of methoxy groups -OCH3 is 2. The molecule has 0 amide bonds. The Balaban J connectivity index is 1.86. The van der Waals surface area contributed by atoms with Gasteiger partial charge in [0.2, 0.25) is 10.8 Å². The van der Waals surface area contributed by atoms with Gasteiger partial charge in [-0.3, -0.25) is 4.98 Å². The van der Waals surface area contributed by atoms with Gasteiger partial charge in [0.25, 0.3) is 0 Å². The predicted molar refractivity (Wildman–Crippen MR) is 88.2 cm³/mol. The van der Waals surface area contributed by atoms with E-state index in [-0.39, 0.29) is 0 Å². The summed E-state index contributed by atoms with van der Waals surface area (Å²) in [6.45, 7) is 0. The molecule has 0 radical (unpaired) electrons. The standard InChI is InChI=1S/C15H12N6O2S/c1-22-9-3-4-12(23-2)10(7-9)14-20-21-13(18-19-15(21)24-14)11-8-16-5-6-17-11/h3-8H,1-2H3. The number of hydrogen-bond donors (Lipinski definition) is 0. The normalized spacial score (nSPS) is 10.9. The molecule has 120 valence electrons. The summed E-state index contributed by atoms with van der Waals surface area (Å²) in [5.41, 5.74) is 1.44. The number of benzene rings is 1. The third kappa shape index (κ3) is 2.35. The summed E-state index contributed by atoms with van der Waals surface area (Å²) in [5, 5.41) is 13.7. The van der Waals surface area contributed by atoms with Gasteiger partial charge in [0, 0.05) is 12.4 Å². The first-order valence-electron chi connectivity index (χ1n) is 7.01. The molecule has 3 heterocycles. The third-order valence-electron chi connectivity index (χ3n) is 3.42. The van der Waals surface area contributed by atoms with Crippen LogP contribution >= 0.6 is 11.3 Å². The topological polar surface area (TPSA) is 87.3 Å². The largest absolute Gasteiger partial charge is 0.497 e. The van der Waals surface area contributed by atoms with Crippen LogP contribution in [0.15, 0.2) is 36.8 Å². The van der Waals surface area contributed by atoms with Crippen molar-refractivity contribution in [2.24, 2.45) is 0 Å². The molecule has 0 atom stereocenters. The molecule has 0 aliphatic heterocycles. The molecule has 1 aromatic carbocycles. The lowest BCUT2D eigenvalue weighted by molar-refractivity contribution is 0.404. The van der Waals surface area contributed by atoms with Gasteiger partial charge in [-0.1, -0.05) is 11.3 Å². The van der Waals surface area contributed by atoms with Gasteiger partial charge in [0.1, 0.15) is 17.2 Å². The van der Waals surface area contributed by atoms with Crippen molar-refractivity contribution in [3.05, 3.63) is 36.8 Å². The van der Waals surface area contributed by atoms with Crippen molar-refractivity contribution in [1.29, 1.82) is 0 Å². The van der Waals surface area contributed by atoms with Crippen molar-refractivity contribution in [1.82, 2.24) is 29.8 Å². The van der Waals surface area contributed by atoms with Crippen molar-refractivity contribution in [2.45, 2.75) is 0 Å². The molecule has 0 saturated heterocycles. The van der Waals surface area contributed by atoms with E-state index in [4.69, 9.17) is 9.47 Å². The highest BCUT2D eigenvalue weighted by Gasteiger charge is 2.18. The summed E-state index contributed by atoms with van der Waals surface area (Å²) in [5.74, 6) is 1.98. The van der Waals surface area contributed by atoms with Gasteiger partial charge in [-0.05, 0) is 18.2 Å². The van der Waals surface area contributed by atoms with E-state index in [9.17, 15) is 0 Å². The smallest absolute Gasteiger partial charge is 0.235 e. The van der Waals surface area contributed by atoms with Gasteiger partial charge >= 0.3 is 0 Å². The molecule has 0 fully saturated rings. The number of rotatable bonds is 4. The monoisotopic (exact) mass is 340 g/mol. The van der Waals surface area contributed by atoms with Gasteiger partial charge in [-0.25, -0.2) is 4.98 Å².